The summed E-state index contributed by atoms with van der Waals surface area (Å²) in [5, 5.41) is 1.01. The molecule has 5 heteroatoms. The lowest BCUT2D eigenvalue weighted by Gasteiger charge is -1.93. The number of nitrogens with zero attached hydrogens (tertiary/aromatic N) is 2. The molecule has 0 saturated heterocycles. The van der Waals surface area contributed by atoms with Crippen LogP contribution in [0.4, 0.5) is 0 Å². The topological polar surface area (TPSA) is 51.8 Å². The quantitative estimate of drug-likeness (QED) is 0.942. The second kappa shape index (κ2) is 4.83. The number of halogens is 1. The van der Waals surface area contributed by atoms with Crippen LogP contribution in [0.2, 0.25) is 0 Å². The highest BCUT2D eigenvalue weighted by Crippen LogP contribution is 2.31. The van der Waals surface area contributed by atoms with Gasteiger partial charge in [-0.05, 0) is 34.6 Å². The maximum Gasteiger partial charge on any atom is 0.124 e. The van der Waals surface area contributed by atoms with E-state index in [1.807, 2.05) is 12.1 Å². The Hall–Kier alpha value is -0.780. The number of hydrogen-bond donors (Lipinski definition) is 1. The molecule has 0 aromatic carbocycles. The highest BCUT2D eigenvalue weighted by atomic mass is 79.9. The Morgan fingerprint density at radius 1 is 1.33 bits per heavy atom. The van der Waals surface area contributed by atoms with Crippen LogP contribution in [0.3, 0.4) is 0 Å². The van der Waals surface area contributed by atoms with Crippen LogP contribution < -0.4 is 5.73 Å². The molecule has 3 nitrogen and oxygen atoms in total. The maximum atomic E-state index is 5.51. The van der Waals surface area contributed by atoms with Crippen molar-refractivity contribution < 1.29 is 0 Å². The Morgan fingerprint density at radius 2 is 2.07 bits per heavy atom. The number of pyridine rings is 1. The lowest BCUT2D eigenvalue weighted by atomic mass is 10.3. The molecule has 0 aliphatic rings. The van der Waals surface area contributed by atoms with E-state index in [9.17, 15) is 0 Å². The average Bonchev–Trinajstić information content (AvgIpc) is 2.63. The van der Waals surface area contributed by atoms with Crippen molar-refractivity contribution in [2.24, 2.45) is 5.73 Å². The fourth-order valence-corrected chi connectivity index (χ4v) is 2.83. The molecule has 2 heterocycles. The van der Waals surface area contributed by atoms with Crippen LogP contribution in [0.25, 0.3) is 10.6 Å². The molecule has 0 fully saturated rings. The first-order valence-corrected chi connectivity index (χ1v) is 6.18. The van der Waals surface area contributed by atoms with Gasteiger partial charge < -0.3 is 5.73 Å². The largest absolute Gasteiger partial charge is 0.330 e. The van der Waals surface area contributed by atoms with Crippen molar-refractivity contribution >= 4 is 27.3 Å². The summed E-state index contributed by atoms with van der Waals surface area (Å²) >= 11 is 5.13. The zero-order valence-corrected chi connectivity index (χ0v) is 10.4. The first-order valence-electron chi connectivity index (χ1n) is 4.57. The number of hydrogen-bond acceptors (Lipinski definition) is 4. The molecule has 15 heavy (non-hydrogen) atoms. The molecule has 2 N–H and O–H groups in total. The third-order valence-corrected chi connectivity index (χ3v) is 3.84. The molecule has 2 aromatic rings. The van der Waals surface area contributed by atoms with Crippen molar-refractivity contribution in [1.29, 1.82) is 0 Å². The summed E-state index contributed by atoms with van der Waals surface area (Å²) in [7, 11) is 0. The van der Waals surface area contributed by atoms with Crippen molar-refractivity contribution in [2.75, 3.05) is 6.54 Å². The first kappa shape index (κ1) is 10.7. The summed E-state index contributed by atoms with van der Waals surface area (Å²) in [5.74, 6) is 0. The zero-order valence-electron chi connectivity index (χ0n) is 7.98. The van der Waals surface area contributed by atoms with Crippen molar-refractivity contribution in [3.05, 3.63) is 34.0 Å². The summed E-state index contributed by atoms with van der Waals surface area (Å²) in [6.45, 7) is 0.623. The molecule has 2 rings (SSSR count). The maximum absolute atomic E-state index is 5.51. The van der Waals surface area contributed by atoms with Crippen LogP contribution >= 0.6 is 27.3 Å². The number of rotatable bonds is 3. The van der Waals surface area contributed by atoms with Gasteiger partial charge in [0.15, 0.2) is 0 Å². The van der Waals surface area contributed by atoms with Crippen molar-refractivity contribution in [1.82, 2.24) is 9.97 Å². The van der Waals surface area contributed by atoms with Crippen LogP contribution in [0.1, 0.15) is 5.69 Å². The Kier molecular flexibility index (Phi) is 3.45. The number of aromatic nitrogens is 2. The van der Waals surface area contributed by atoms with Gasteiger partial charge in [0.2, 0.25) is 0 Å². The van der Waals surface area contributed by atoms with Gasteiger partial charge in [-0.3, -0.25) is 4.98 Å². The second-order valence-electron chi connectivity index (χ2n) is 3.01. The van der Waals surface area contributed by atoms with E-state index in [4.69, 9.17) is 5.73 Å². The highest BCUT2D eigenvalue weighted by Gasteiger charge is 2.09. The summed E-state index contributed by atoms with van der Waals surface area (Å²) in [5.41, 5.74) is 7.64. The molecule has 0 saturated carbocycles. The average molecular weight is 284 g/mol. The van der Waals surface area contributed by atoms with Gasteiger partial charge in [-0.25, -0.2) is 4.98 Å². The van der Waals surface area contributed by atoms with Gasteiger partial charge in [0.05, 0.1) is 9.48 Å². The first-order chi connectivity index (χ1) is 7.31. The Bertz CT molecular complexity index is 441. The van der Waals surface area contributed by atoms with E-state index >= 15 is 0 Å². The minimum Gasteiger partial charge on any atom is -0.330 e. The summed E-state index contributed by atoms with van der Waals surface area (Å²) in [4.78, 5) is 8.52. The predicted molar refractivity (Wildman–Crippen MR) is 65.8 cm³/mol. The normalized spacial score (nSPS) is 10.5. The third kappa shape index (κ3) is 2.42. The summed E-state index contributed by atoms with van der Waals surface area (Å²) < 4.78 is 1.07. The van der Waals surface area contributed by atoms with Crippen molar-refractivity contribution in [3.8, 4) is 10.6 Å². The van der Waals surface area contributed by atoms with E-state index in [1.54, 1.807) is 23.7 Å². The van der Waals surface area contributed by atoms with Gasteiger partial charge in [-0.1, -0.05) is 0 Å². The van der Waals surface area contributed by atoms with Crippen LogP contribution in [0.15, 0.2) is 28.3 Å². The molecular formula is C10H10BrN3S. The SMILES string of the molecule is NCCc1nc(-c2ccncc2)sc1Br. The van der Waals surface area contributed by atoms with Crippen LogP contribution in [0.5, 0.6) is 0 Å². The molecule has 0 unspecified atom stereocenters. The second-order valence-corrected chi connectivity index (χ2v) is 5.33. The molecule has 0 spiro atoms. The molecule has 0 bridgehead atoms. The lowest BCUT2D eigenvalue weighted by molar-refractivity contribution is 0.931. The number of nitrogens with two attached hydrogens (primary N) is 1. The summed E-state index contributed by atoms with van der Waals surface area (Å²) in [6, 6.07) is 3.91. The van der Waals surface area contributed by atoms with E-state index in [0.29, 0.717) is 6.54 Å². The minimum absolute atomic E-state index is 0.623. The molecule has 0 aliphatic heterocycles. The summed E-state index contributed by atoms with van der Waals surface area (Å²) in [6.07, 6.45) is 4.35. The van der Waals surface area contributed by atoms with Gasteiger partial charge in [0, 0.05) is 24.4 Å². The molecular weight excluding hydrogens is 274 g/mol. The van der Waals surface area contributed by atoms with Gasteiger partial charge in [-0.2, -0.15) is 0 Å². The zero-order chi connectivity index (χ0) is 10.7. The Balaban J connectivity index is 2.34. The van der Waals surface area contributed by atoms with Gasteiger partial charge >= 0.3 is 0 Å². The van der Waals surface area contributed by atoms with Gasteiger partial charge in [-0.15, -0.1) is 11.3 Å². The van der Waals surface area contributed by atoms with E-state index in [0.717, 1.165) is 26.5 Å². The molecule has 0 aliphatic carbocycles. The van der Waals surface area contributed by atoms with Crippen LogP contribution in [0, 0.1) is 0 Å². The fraction of sp³-hybridized carbons (Fsp3) is 0.200. The monoisotopic (exact) mass is 283 g/mol. The van der Waals surface area contributed by atoms with E-state index in [-0.39, 0.29) is 0 Å². The Labute approximate surface area is 101 Å². The minimum atomic E-state index is 0.623. The predicted octanol–water partition coefficient (Wildman–Crippen LogP) is 2.47. The van der Waals surface area contributed by atoms with Crippen LogP contribution in [-0.4, -0.2) is 16.5 Å². The number of thiazole rings is 1. The smallest absolute Gasteiger partial charge is 0.124 e. The van der Waals surface area contributed by atoms with Crippen molar-refractivity contribution in [3.63, 3.8) is 0 Å². The van der Waals surface area contributed by atoms with E-state index < -0.39 is 0 Å². The molecule has 2 aromatic heterocycles. The van der Waals surface area contributed by atoms with Gasteiger partial charge in [0.25, 0.3) is 0 Å². The van der Waals surface area contributed by atoms with Gasteiger partial charge in [0.1, 0.15) is 5.01 Å². The standard InChI is InChI=1S/C10H10BrN3S/c11-9-8(1-4-12)14-10(15-9)7-2-5-13-6-3-7/h2-3,5-6H,1,4,12H2. The third-order valence-electron chi connectivity index (χ3n) is 1.96. The molecule has 0 amide bonds. The highest BCUT2D eigenvalue weighted by molar-refractivity contribution is 9.11. The lowest BCUT2D eigenvalue weighted by Crippen LogP contribution is -2.03. The van der Waals surface area contributed by atoms with Crippen LogP contribution in [-0.2, 0) is 6.42 Å². The molecule has 0 radical (unpaired) electrons. The van der Waals surface area contributed by atoms with E-state index in [1.165, 1.54) is 0 Å². The Morgan fingerprint density at radius 3 is 2.73 bits per heavy atom. The van der Waals surface area contributed by atoms with E-state index in [2.05, 4.69) is 25.9 Å². The molecule has 0 atom stereocenters. The fourth-order valence-electron chi connectivity index (χ4n) is 1.24. The van der Waals surface area contributed by atoms with Crippen molar-refractivity contribution in [2.45, 2.75) is 6.42 Å². The molecule has 78 valence electrons.